The summed E-state index contributed by atoms with van der Waals surface area (Å²) in [6.45, 7) is 3.50. The van der Waals surface area contributed by atoms with E-state index in [4.69, 9.17) is 33.4 Å². The summed E-state index contributed by atoms with van der Waals surface area (Å²) in [5.74, 6) is -0.840. The lowest BCUT2D eigenvalue weighted by atomic mass is 10.2. The monoisotopic (exact) mass is 191 g/mol. The van der Waals surface area contributed by atoms with Gasteiger partial charge in [0.2, 0.25) is 0 Å². The number of rotatable bonds is 0. The molecule has 1 aromatic rings. The van der Waals surface area contributed by atoms with Gasteiger partial charge in [-0.25, -0.2) is 0 Å². The number of benzene rings is 1. The lowest BCUT2D eigenvalue weighted by Crippen LogP contribution is -1.78. The first-order valence-corrected chi connectivity index (χ1v) is 3.51. The number of hydrogen-bond donors (Lipinski definition) is 2. The number of halogens is 2. The van der Waals surface area contributed by atoms with Gasteiger partial charge in [0.05, 0.1) is 10.0 Å². The minimum atomic E-state index is -0.427. The molecule has 0 spiro atoms. The van der Waals surface area contributed by atoms with E-state index in [-0.39, 0.29) is 10.0 Å². The van der Waals surface area contributed by atoms with Crippen molar-refractivity contribution >= 4 is 23.2 Å². The SMILES string of the molecule is [CH2]c1cc(Cl)c(O)c(O)c1Cl. The van der Waals surface area contributed by atoms with Gasteiger partial charge < -0.3 is 10.2 Å². The van der Waals surface area contributed by atoms with Gasteiger partial charge in [-0.1, -0.05) is 23.2 Å². The molecule has 4 heteroatoms. The Bertz CT molecular complexity index is 271. The van der Waals surface area contributed by atoms with E-state index >= 15 is 0 Å². The molecule has 0 aliphatic carbocycles. The molecule has 2 N–H and O–H groups in total. The minimum absolute atomic E-state index is 0.0203. The van der Waals surface area contributed by atoms with E-state index in [1.807, 2.05) is 0 Å². The van der Waals surface area contributed by atoms with Crippen LogP contribution >= 0.6 is 23.2 Å². The van der Waals surface area contributed by atoms with Crippen LogP contribution in [0.25, 0.3) is 0 Å². The van der Waals surface area contributed by atoms with Crippen molar-refractivity contribution in [3.8, 4) is 11.5 Å². The first kappa shape index (κ1) is 8.50. The van der Waals surface area contributed by atoms with Crippen molar-refractivity contribution in [3.05, 3.63) is 28.6 Å². The summed E-state index contributed by atoms with van der Waals surface area (Å²) >= 11 is 11.0. The lowest BCUT2D eigenvalue weighted by molar-refractivity contribution is 0.404. The number of phenols is 2. The molecule has 0 saturated carbocycles. The van der Waals surface area contributed by atoms with Gasteiger partial charge >= 0.3 is 0 Å². The van der Waals surface area contributed by atoms with Gasteiger partial charge in [-0.3, -0.25) is 0 Å². The van der Waals surface area contributed by atoms with Crippen LogP contribution in [0.15, 0.2) is 6.07 Å². The Morgan fingerprint density at radius 3 is 2.27 bits per heavy atom. The fourth-order valence-electron chi connectivity index (χ4n) is 0.654. The molecule has 0 aromatic heterocycles. The van der Waals surface area contributed by atoms with Crippen LogP contribution in [0.3, 0.4) is 0 Å². The molecule has 59 valence electrons. The van der Waals surface area contributed by atoms with Gasteiger partial charge in [0.15, 0.2) is 11.5 Å². The quantitative estimate of drug-likeness (QED) is 0.620. The Labute approximate surface area is 74.0 Å². The van der Waals surface area contributed by atoms with Crippen molar-refractivity contribution in [2.24, 2.45) is 0 Å². The van der Waals surface area contributed by atoms with Crippen molar-refractivity contribution in [2.45, 2.75) is 0 Å². The minimum Gasteiger partial charge on any atom is -0.503 e. The van der Waals surface area contributed by atoms with Gasteiger partial charge in [-0.15, -0.1) is 0 Å². The molecule has 0 unspecified atom stereocenters. The topological polar surface area (TPSA) is 40.5 Å². The number of hydrogen-bond acceptors (Lipinski definition) is 2. The van der Waals surface area contributed by atoms with Gasteiger partial charge in [-0.2, -0.15) is 0 Å². The first-order chi connectivity index (χ1) is 5.04. The predicted molar refractivity (Wildman–Crippen MR) is 44.3 cm³/mol. The zero-order valence-electron chi connectivity index (χ0n) is 5.43. The molecule has 0 atom stereocenters. The van der Waals surface area contributed by atoms with Crippen LogP contribution in [-0.4, -0.2) is 10.2 Å². The van der Waals surface area contributed by atoms with Gasteiger partial charge in [0.25, 0.3) is 0 Å². The summed E-state index contributed by atoms with van der Waals surface area (Å²) < 4.78 is 0. The van der Waals surface area contributed by atoms with Crippen LogP contribution in [-0.2, 0) is 0 Å². The zero-order valence-corrected chi connectivity index (χ0v) is 6.95. The summed E-state index contributed by atoms with van der Waals surface area (Å²) in [6, 6.07) is 1.37. The second kappa shape index (κ2) is 2.80. The molecule has 0 aliphatic heterocycles. The summed E-state index contributed by atoms with van der Waals surface area (Å²) in [7, 11) is 0. The Morgan fingerprint density at radius 1 is 1.18 bits per heavy atom. The maximum Gasteiger partial charge on any atom is 0.178 e. The standard InChI is InChI=1S/C7H5Cl2O2/c1-3-2-4(8)6(10)7(11)5(3)9/h2,10-11H,1H2. The van der Waals surface area contributed by atoms with E-state index in [0.29, 0.717) is 5.56 Å². The maximum absolute atomic E-state index is 9.06. The third-order valence-corrected chi connectivity index (χ3v) is 1.95. The number of aromatic hydroxyl groups is 2. The van der Waals surface area contributed by atoms with Crippen LogP contribution in [0.4, 0.5) is 0 Å². The summed E-state index contributed by atoms with van der Waals surface area (Å²) in [5, 5.41) is 18.1. The van der Waals surface area contributed by atoms with Crippen LogP contribution in [0.5, 0.6) is 11.5 Å². The molecule has 0 heterocycles. The fraction of sp³-hybridized carbons (Fsp3) is 0. The van der Waals surface area contributed by atoms with Crippen molar-refractivity contribution in [3.63, 3.8) is 0 Å². The molecule has 0 saturated heterocycles. The molecular weight excluding hydrogens is 187 g/mol. The molecule has 2 nitrogen and oxygen atoms in total. The van der Waals surface area contributed by atoms with Gasteiger partial charge in [0.1, 0.15) is 0 Å². The van der Waals surface area contributed by atoms with E-state index in [1.165, 1.54) is 6.07 Å². The van der Waals surface area contributed by atoms with Crippen LogP contribution in [0.1, 0.15) is 5.56 Å². The Balaban J connectivity index is 3.46. The summed E-state index contributed by atoms with van der Waals surface area (Å²) in [6.07, 6.45) is 0. The highest BCUT2D eigenvalue weighted by Gasteiger charge is 2.11. The largest absolute Gasteiger partial charge is 0.503 e. The smallest absolute Gasteiger partial charge is 0.178 e. The average molecular weight is 192 g/mol. The van der Waals surface area contributed by atoms with E-state index in [0.717, 1.165) is 0 Å². The molecular formula is C7H5Cl2O2. The molecule has 1 aromatic carbocycles. The summed E-state index contributed by atoms with van der Waals surface area (Å²) in [5.41, 5.74) is 0.381. The normalized spacial score (nSPS) is 10.1. The molecule has 0 amide bonds. The zero-order chi connectivity index (χ0) is 8.59. The molecule has 11 heavy (non-hydrogen) atoms. The van der Waals surface area contributed by atoms with E-state index < -0.39 is 11.5 Å². The van der Waals surface area contributed by atoms with Gasteiger partial charge in [-0.05, 0) is 18.6 Å². The highest BCUT2D eigenvalue weighted by atomic mass is 35.5. The highest BCUT2D eigenvalue weighted by molar-refractivity contribution is 6.36. The fourth-order valence-corrected chi connectivity index (χ4v) is 1.02. The predicted octanol–water partition coefficient (Wildman–Crippen LogP) is 2.59. The van der Waals surface area contributed by atoms with E-state index in [1.54, 1.807) is 0 Å². The van der Waals surface area contributed by atoms with E-state index in [2.05, 4.69) is 6.92 Å². The molecule has 0 aliphatic rings. The second-order valence-corrected chi connectivity index (χ2v) is 2.81. The van der Waals surface area contributed by atoms with Crippen LogP contribution in [0, 0.1) is 6.92 Å². The number of phenolic OH excluding ortho intramolecular Hbond substituents is 2. The lowest BCUT2D eigenvalue weighted by Gasteiger charge is -2.04. The van der Waals surface area contributed by atoms with E-state index in [9.17, 15) is 0 Å². The van der Waals surface area contributed by atoms with Crippen molar-refractivity contribution in [1.82, 2.24) is 0 Å². The third kappa shape index (κ3) is 1.37. The van der Waals surface area contributed by atoms with Gasteiger partial charge in [0, 0.05) is 0 Å². The third-order valence-electron chi connectivity index (χ3n) is 1.24. The Morgan fingerprint density at radius 2 is 1.73 bits per heavy atom. The second-order valence-electron chi connectivity index (χ2n) is 2.03. The molecule has 0 fully saturated rings. The Hall–Kier alpha value is -0.600. The van der Waals surface area contributed by atoms with Crippen molar-refractivity contribution in [1.29, 1.82) is 0 Å². The first-order valence-electron chi connectivity index (χ1n) is 2.76. The maximum atomic E-state index is 9.06. The summed E-state index contributed by atoms with van der Waals surface area (Å²) in [4.78, 5) is 0. The highest BCUT2D eigenvalue weighted by Crippen LogP contribution is 2.40. The molecule has 0 bridgehead atoms. The Kier molecular flexibility index (Phi) is 2.16. The van der Waals surface area contributed by atoms with Crippen molar-refractivity contribution < 1.29 is 10.2 Å². The van der Waals surface area contributed by atoms with Crippen molar-refractivity contribution in [2.75, 3.05) is 0 Å². The average Bonchev–Trinajstić information content (AvgIpc) is 1.97. The van der Waals surface area contributed by atoms with Crippen LogP contribution in [0.2, 0.25) is 10.0 Å². The van der Waals surface area contributed by atoms with Crippen LogP contribution < -0.4 is 0 Å². The molecule has 1 rings (SSSR count). The molecule has 1 radical (unpaired) electrons.